The summed E-state index contributed by atoms with van der Waals surface area (Å²) in [5.41, 5.74) is 11.9. The molecule has 204 valence electrons. The van der Waals surface area contributed by atoms with Crippen LogP contribution in [0.5, 0.6) is 0 Å². The lowest BCUT2D eigenvalue weighted by atomic mass is 10.0. The number of carbonyl (C=O) groups is 6. The van der Waals surface area contributed by atoms with Gasteiger partial charge in [0.25, 0.3) is 0 Å². The molecule has 0 aliphatic carbocycles. The number of nitrogens with two attached hydrogens (primary N) is 2. The molecule has 0 bridgehead atoms. The summed E-state index contributed by atoms with van der Waals surface area (Å²) >= 11 is 1.36. The van der Waals surface area contributed by atoms with Gasteiger partial charge in [-0.3, -0.25) is 24.0 Å². The molecule has 0 radical (unpaired) electrons. The van der Waals surface area contributed by atoms with Crippen LogP contribution in [0.25, 0.3) is 0 Å². The maximum Gasteiger partial charge on any atom is 0.326 e. The van der Waals surface area contributed by atoms with Crippen LogP contribution < -0.4 is 27.4 Å². The molecule has 0 saturated heterocycles. The number of rotatable bonds is 17. The average molecular weight is 540 g/mol. The standard InChI is InChI=1S/C23H33N5O8S/c1-37-10-9-16(23(35)36)27-22(34)17(12-19(30)31)28-21(33)15(7-8-18(25)29)26-20(32)14(24)11-13-5-3-2-4-6-13/h2-6,14-17H,7-12,24H2,1H3,(H2,25,29)(H,26,32)(H,27,34)(H,28,33)(H,30,31)(H,35,36). The van der Waals surface area contributed by atoms with E-state index in [-0.39, 0.29) is 25.7 Å². The lowest BCUT2D eigenvalue weighted by Gasteiger charge is -2.24. The zero-order valence-corrected chi connectivity index (χ0v) is 21.2. The third-order valence-corrected chi connectivity index (χ3v) is 5.83. The van der Waals surface area contributed by atoms with Crippen LogP contribution in [0.15, 0.2) is 30.3 Å². The number of benzene rings is 1. The normalized spacial score (nSPS) is 13.9. The van der Waals surface area contributed by atoms with Gasteiger partial charge in [0.1, 0.15) is 18.1 Å². The first kappa shape index (κ1) is 31.4. The minimum atomic E-state index is -1.65. The zero-order valence-electron chi connectivity index (χ0n) is 20.3. The summed E-state index contributed by atoms with van der Waals surface area (Å²) in [7, 11) is 0. The summed E-state index contributed by atoms with van der Waals surface area (Å²) in [6.45, 7) is 0. The van der Waals surface area contributed by atoms with Crippen molar-refractivity contribution in [1.29, 1.82) is 0 Å². The SMILES string of the molecule is CSCCC(NC(=O)C(CC(=O)O)NC(=O)C(CCC(N)=O)NC(=O)C(N)Cc1ccccc1)C(=O)O. The number of amides is 4. The molecule has 4 atom stereocenters. The van der Waals surface area contributed by atoms with E-state index in [9.17, 15) is 39.0 Å². The van der Waals surface area contributed by atoms with E-state index >= 15 is 0 Å². The number of carboxylic acids is 2. The monoisotopic (exact) mass is 539 g/mol. The van der Waals surface area contributed by atoms with Gasteiger partial charge in [-0.1, -0.05) is 30.3 Å². The third kappa shape index (κ3) is 12.2. The number of nitrogens with one attached hydrogen (secondary N) is 3. The van der Waals surface area contributed by atoms with Gasteiger partial charge in [-0.05, 0) is 36.8 Å². The zero-order chi connectivity index (χ0) is 28.0. The fourth-order valence-corrected chi connectivity index (χ4v) is 3.69. The van der Waals surface area contributed by atoms with Crippen molar-refractivity contribution in [3.63, 3.8) is 0 Å². The molecule has 13 nitrogen and oxygen atoms in total. The summed E-state index contributed by atoms with van der Waals surface area (Å²) < 4.78 is 0. The molecule has 1 aromatic carbocycles. The first-order chi connectivity index (χ1) is 17.4. The first-order valence-corrected chi connectivity index (χ1v) is 12.8. The van der Waals surface area contributed by atoms with Crippen LogP contribution in [0.3, 0.4) is 0 Å². The highest BCUT2D eigenvalue weighted by molar-refractivity contribution is 7.98. The van der Waals surface area contributed by atoms with Gasteiger partial charge in [-0.2, -0.15) is 11.8 Å². The molecule has 0 aliphatic heterocycles. The summed E-state index contributed by atoms with van der Waals surface area (Å²) in [4.78, 5) is 72.3. The van der Waals surface area contributed by atoms with Crippen LogP contribution in [0.1, 0.15) is 31.2 Å². The molecule has 0 aromatic heterocycles. The van der Waals surface area contributed by atoms with Crippen molar-refractivity contribution in [3.8, 4) is 0 Å². The van der Waals surface area contributed by atoms with E-state index in [4.69, 9.17) is 11.5 Å². The fraction of sp³-hybridized carbons (Fsp3) is 0.478. The van der Waals surface area contributed by atoms with Crippen molar-refractivity contribution in [3.05, 3.63) is 35.9 Å². The van der Waals surface area contributed by atoms with Gasteiger partial charge < -0.3 is 37.6 Å². The number of thioether (sulfide) groups is 1. The Morgan fingerprint density at radius 3 is 1.97 bits per heavy atom. The minimum Gasteiger partial charge on any atom is -0.481 e. The Labute approximate surface area is 218 Å². The Morgan fingerprint density at radius 2 is 1.43 bits per heavy atom. The number of carbonyl (C=O) groups excluding carboxylic acids is 4. The van der Waals surface area contributed by atoms with Crippen molar-refractivity contribution in [2.24, 2.45) is 11.5 Å². The summed E-state index contributed by atoms with van der Waals surface area (Å²) in [6.07, 6.45) is 0.604. The first-order valence-electron chi connectivity index (χ1n) is 11.4. The van der Waals surface area contributed by atoms with Crippen molar-refractivity contribution in [1.82, 2.24) is 16.0 Å². The largest absolute Gasteiger partial charge is 0.481 e. The Kier molecular flexibility index (Phi) is 13.7. The van der Waals surface area contributed by atoms with E-state index in [2.05, 4.69) is 16.0 Å². The maximum atomic E-state index is 12.9. The number of carboxylic acid groups (broad SMARTS) is 2. The quantitative estimate of drug-likeness (QED) is 0.122. The van der Waals surface area contributed by atoms with Gasteiger partial charge in [0.2, 0.25) is 23.6 Å². The number of aliphatic carboxylic acids is 2. The van der Waals surface area contributed by atoms with Gasteiger partial charge in [-0.15, -0.1) is 0 Å². The Hall–Kier alpha value is -3.65. The number of hydrogen-bond donors (Lipinski definition) is 7. The molecule has 9 N–H and O–H groups in total. The Balaban J connectivity index is 2.98. The molecule has 0 heterocycles. The fourth-order valence-electron chi connectivity index (χ4n) is 3.22. The highest BCUT2D eigenvalue weighted by Gasteiger charge is 2.31. The minimum absolute atomic E-state index is 0.0760. The van der Waals surface area contributed by atoms with Gasteiger partial charge in [0.05, 0.1) is 12.5 Å². The predicted octanol–water partition coefficient (Wildman–Crippen LogP) is -1.41. The molecular formula is C23H33N5O8S. The molecule has 4 unspecified atom stereocenters. The molecule has 0 saturated carbocycles. The van der Waals surface area contributed by atoms with Crippen LogP contribution in [-0.4, -0.2) is 82.0 Å². The van der Waals surface area contributed by atoms with Gasteiger partial charge in [-0.25, -0.2) is 4.79 Å². The van der Waals surface area contributed by atoms with E-state index in [0.29, 0.717) is 5.75 Å². The molecule has 4 amide bonds. The molecular weight excluding hydrogens is 506 g/mol. The second kappa shape index (κ2) is 16.2. The van der Waals surface area contributed by atoms with E-state index in [1.54, 1.807) is 36.6 Å². The molecule has 1 aromatic rings. The molecule has 14 heteroatoms. The summed E-state index contributed by atoms with van der Waals surface area (Å²) in [6, 6.07) is 3.52. The third-order valence-electron chi connectivity index (χ3n) is 5.18. The second-order valence-corrected chi connectivity index (χ2v) is 9.19. The highest BCUT2D eigenvalue weighted by atomic mass is 32.2. The lowest BCUT2D eigenvalue weighted by Crippen LogP contribution is -2.57. The number of hydrogen-bond acceptors (Lipinski definition) is 8. The number of primary amides is 1. The molecule has 0 aliphatic rings. The van der Waals surface area contributed by atoms with E-state index in [1.165, 1.54) is 11.8 Å². The van der Waals surface area contributed by atoms with Crippen molar-refractivity contribution in [2.75, 3.05) is 12.0 Å². The summed E-state index contributed by atoms with van der Waals surface area (Å²) in [5, 5.41) is 25.4. The van der Waals surface area contributed by atoms with Crippen molar-refractivity contribution < 1.29 is 39.0 Å². The topological polar surface area (TPSA) is 231 Å². The van der Waals surface area contributed by atoms with Crippen molar-refractivity contribution >= 4 is 47.3 Å². The van der Waals surface area contributed by atoms with Gasteiger partial charge in [0.15, 0.2) is 0 Å². The van der Waals surface area contributed by atoms with E-state index < -0.39 is 66.2 Å². The second-order valence-electron chi connectivity index (χ2n) is 8.20. The van der Waals surface area contributed by atoms with Gasteiger partial charge in [0, 0.05) is 6.42 Å². The van der Waals surface area contributed by atoms with Crippen LogP contribution in [-0.2, 0) is 35.2 Å². The van der Waals surface area contributed by atoms with Crippen LogP contribution >= 0.6 is 11.8 Å². The Bertz CT molecular complexity index is 962. The van der Waals surface area contributed by atoms with Crippen LogP contribution in [0.4, 0.5) is 0 Å². The highest BCUT2D eigenvalue weighted by Crippen LogP contribution is 2.06. The van der Waals surface area contributed by atoms with E-state index in [1.807, 2.05) is 0 Å². The predicted molar refractivity (Wildman–Crippen MR) is 135 cm³/mol. The summed E-state index contributed by atoms with van der Waals surface area (Å²) in [5.74, 6) is -5.78. The molecule has 0 spiro atoms. The van der Waals surface area contributed by atoms with E-state index in [0.717, 1.165) is 5.56 Å². The van der Waals surface area contributed by atoms with Gasteiger partial charge >= 0.3 is 11.9 Å². The lowest BCUT2D eigenvalue weighted by molar-refractivity contribution is -0.143. The molecule has 1 rings (SSSR count). The van der Waals surface area contributed by atoms with Crippen molar-refractivity contribution in [2.45, 2.75) is 56.3 Å². The van der Waals surface area contributed by atoms with Crippen LogP contribution in [0.2, 0.25) is 0 Å². The average Bonchev–Trinajstić information content (AvgIpc) is 2.83. The molecule has 0 fully saturated rings. The molecule has 37 heavy (non-hydrogen) atoms. The Morgan fingerprint density at radius 1 is 0.865 bits per heavy atom. The van der Waals surface area contributed by atoms with Crippen LogP contribution in [0, 0.1) is 0 Å². The smallest absolute Gasteiger partial charge is 0.326 e. The maximum absolute atomic E-state index is 12.9.